The molecule has 0 fully saturated rings. The maximum atomic E-state index is 7.30. The summed E-state index contributed by atoms with van der Waals surface area (Å²) in [6, 6.07) is 9.83. The average molecular weight is 282 g/mol. The Kier molecular flexibility index (Phi) is 3.69. The minimum Gasteiger partial charge on any atom is -0.439 e. The SMILES string of the molecule is N=C(N)c1cccc(Oc2cc(Cl)cc(Cl)c2)n1. The van der Waals surface area contributed by atoms with E-state index in [9.17, 15) is 0 Å². The number of nitrogen functional groups attached to an aromatic ring is 1. The Labute approximate surface area is 114 Å². The van der Waals surface area contributed by atoms with Crippen molar-refractivity contribution < 1.29 is 4.74 Å². The van der Waals surface area contributed by atoms with Crippen LogP contribution in [0, 0.1) is 5.41 Å². The van der Waals surface area contributed by atoms with E-state index in [1.165, 1.54) is 0 Å². The second-order valence-electron chi connectivity index (χ2n) is 3.48. The van der Waals surface area contributed by atoms with Crippen LogP contribution in [0.3, 0.4) is 0 Å². The Morgan fingerprint density at radius 1 is 1.17 bits per heavy atom. The van der Waals surface area contributed by atoms with E-state index in [1.54, 1.807) is 36.4 Å². The molecule has 1 aromatic carbocycles. The van der Waals surface area contributed by atoms with E-state index >= 15 is 0 Å². The average Bonchev–Trinajstić information content (AvgIpc) is 2.27. The van der Waals surface area contributed by atoms with Gasteiger partial charge in [-0.05, 0) is 24.3 Å². The monoisotopic (exact) mass is 281 g/mol. The summed E-state index contributed by atoms with van der Waals surface area (Å²) in [5, 5.41) is 8.24. The van der Waals surface area contributed by atoms with E-state index in [-0.39, 0.29) is 5.84 Å². The van der Waals surface area contributed by atoms with Crippen LogP contribution < -0.4 is 10.5 Å². The number of benzene rings is 1. The number of ether oxygens (including phenoxy) is 1. The zero-order chi connectivity index (χ0) is 13.1. The van der Waals surface area contributed by atoms with Crippen LogP contribution in [0.5, 0.6) is 11.6 Å². The highest BCUT2D eigenvalue weighted by Crippen LogP contribution is 2.27. The third kappa shape index (κ3) is 3.12. The third-order valence-electron chi connectivity index (χ3n) is 2.06. The molecule has 92 valence electrons. The first-order valence-electron chi connectivity index (χ1n) is 5.00. The van der Waals surface area contributed by atoms with Gasteiger partial charge in [-0.3, -0.25) is 5.41 Å². The molecule has 18 heavy (non-hydrogen) atoms. The van der Waals surface area contributed by atoms with Gasteiger partial charge < -0.3 is 10.5 Å². The van der Waals surface area contributed by atoms with Crippen LogP contribution in [0.1, 0.15) is 5.69 Å². The minimum absolute atomic E-state index is 0.121. The summed E-state index contributed by atoms with van der Waals surface area (Å²) in [5.41, 5.74) is 5.70. The summed E-state index contributed by atoms with van der Waals surface area (Å²) in [5.74, 6) is 0.673. The van der Waals surface area contributed by atoms with Crippen LogP contribution in [0.25, 0.3) is 0 Å². The van der Waals surface area contributed by atoms with Crippen molar-refractivity contribution in [2.45, 2.75) is 0 Å². The highest BCUT2D eigenvalue weighted by molar-refractivity contribution is 6.34. The lowest BCUT2D eigenvalue weighted by molar-refractivity contribution is 0.462. The number of pyridine rings is 1. The summed E-state index contributed by atoms with van der Waals surface area (Å²) >= 11 is 11.7. The molecule has 1 aromatic heterocycles. The summed E-state index contributed by atoms with van der Waals surface area (Å²) in [4.78, 5) is 4.07. The summed E-state index contributed by atoms with van der Waals surface area (Å²) in [6.45, 7) is 0. The molecule has 0 saturated carbocycles. The Bertz CT molecular complexity index is 581. The van der Waals surface area contributed by atoms with Gasteiger partial charge in [0.15, 0.2) is 0 Å². The van der Waals surface area contributed by atoms with Crippen molar-refractivity contribution in [2.24, 2.45) is 5.73 Å². The van der Waals surface area contributed by atoms with Gasteiger partial charge in [0.2, 0.25) is 5.88 Å². The van der Waals surface area contributed by atoms with Gasteiger partial charge in [-0.15, -0.1) is 0 Å². The number of hydrogen-bond donors (Lipinski definition) is 2. The van der Waals surface area contributed by atoms with Crippen molar-refractivity contribution in [3.63, 3.8) is 0 Å². The molecule has 0 unspecified atom stereocenters. The first-order chi connectivity index (χ1) is 8.54. The van der Waals surface area contributed by atoms with E-state index in [4.69, 9.17) is 39.1 Å². The van der Waals surface area contributed by atoms with Gasteiger partial charge in [0, 0.05) is 16.1 Å². The number of rotatable bonds is 3. The second kappa shape index (κ2) is 5.25. The largest absolute Gasteiger partial charge is 0.439 e. The highest BCUT2D eigenvalue weighted by Gasteiger charge is 2.04. The smallest absolute Gasteiger partial charge is 0.219 e. The lowest BCUT2D eigenvalue weighted by Gasteiger charge is -2.06. The Balaban J connectivity index is 2.28. The van der Waals surface area contributed by atoms with Gasteiger partial charge in [0.25, 0.3) is 0 Å². The van der Waals surface area contributed by atoms with Crippen molar-refractivity contribution in [1.82, 2.24) is 4.98 Å². The number of hydrogen-bond acceptors (Lipinski definition) is 3. The molecule has 0 radical (unpaired) electrons. The van der Waals surface area contributed by atoms with Crippen LogP contribution in [-0.2, 0) is 0 Å². The van der Waals surface area contributed by atoms with E-state index in [0.29, 0.717) is 27.4 Å². The second-order valence-corrected chi connectivity index (χ2v) is 4.35. The first-order valence-corrected chi connectivity index (χ1v) is 5.75. The van der Waals surface area contributed by atoms with E-state index in [0.717, 1.165) is 0 Å². The van der Waals surface area contributed by atoms with Gasteiger partial charge >= 0.3 is 0 Å². The number of nitrogens with two attached hydrogens (primary N) is 1. The normalized spacial score (nSPS) is 10.1. The van der Waals surface area contributed by atoms with Gasteiger partial charge in [-0.25, -0.2) is 4.98 Å². The predicted molar refractivity (Wildman–Crippen MR) is 71.8 cm³/mol. The van der Waals surface area contributed by atoms with Gasteiger partial charge in [0.05, 0.1) is 0 Å². The number of amidine groups is 1. The quantitative estimate of drug-likeness (QED) is 0.668. The van der Waals surface area contributed by atoms with Crippen LogP contribution in [0.2, 0.25) is 10.0 Å². The third-order valence-corrected chi connectivity index (χ3v) is 2.49. The molecule has 0 aliphatic heterocycles. The van der Waals surface area contributed by atoms with Crippen LogP contribution in [0.15, 0.2) is 36.4 Å². The fourth-order valence-electron chi connectivity index (χ4n) is 1.33. The first kappa shape index (κ1) is 12.7. The lowest BCUT2D eigenvalue weighted by Crippen LogP contribution is -2.13. The number of aromatic nitrogens is 1. The van der Waals surface area contributed by atoms with Gasteiger partial charge in [-0.2, -0.15) is 0 Å². The molecule has 1 heterocycles. The van der Waals surface area contributed by atoms with E-state index in [1.807, 2.05) is 0 Å². The topological polar surface area (TPSA) is 72.0 Å². The number of nitrogens with one attached hydrogen (secondary N) is 1. The molecule has 0 amide bonds. The molecule has 3 N–H and O–H groups in total. The molecule has 0 saturated heterocycles. The zero-order valence-corrected chi connectivity index (χ0v) is 10.7. The lowest BCUT2D eigenvalue weighted by atomic mass is 10.3. The number of nitrogens with zero attached hydrogens (tertiary/aromatic N) is 1. The zero-order valence-electron chi connectivity index (χ0n) is 9.15. The Hall–Kier alpha value is -1.78. The number of halogens is 2. The molecular formula is C12H9Cl2N3O. The molecule has 2 rings (SSSR count). The molecule has 0 aliphatic carbocycles. The van der Waals surface area contributed by atoms with Crippen molar-refractivity contribution >= 4 is 29.0 Å². The summed E-state index contributed by atoms with van der Waals surface area (Å²) in [6.07, 6.45) is 0. The van der Waals surface area contributed by atoms with Crippen LogP contribution in [0.4, 0.5) is 0 Å². The van der Waals surface area contributed by atoms with Crippen LogP contribution >= 0.6 is 23.2 Å². The molecule has 0 spiro atoms. The Morgan fingerprint density at radius 3 is 2.44 bits per heavy atom. The predicted octanol–water partition coefficient (Wildman–Crippen LogP) is 3.46. The molecular weight excluding hydrogens is 273 g/mol. The van der Waals surface area contributed by atoms with Crippen molar-refractivity contribution in [3.8, 4) is 11.6 Å². The van der Waals surface area contributed by atoms with Crippen molar-refractivity contribution in [2.75, 3.05) is 0 Å². The van der Waals surface area contributed by atoms with Gasteiger partial charge in [0.1, 0.15) is 17.3 Å². The Morgan fingerprint density at radius 2 is 1.83 bits per heavy atom. The molecule has 0 aliphatic rings. The molecule has 2 aromatic rings. The van der Waals surface area contributed by atoms with Crippen molar-refractivity contribution in [3.05, 3.63) is 52.1 Å². The fourth-order valence-corrected chi connectivity index (χ4v) is 1.84. The summed E-state index contributed by atoms with van der Waals surface area (Å²) in [7, 11) is 0. The minimum atomic E-state index is -0.121. The molecule has 6 heteroatoms. The van der Waals surface area contributed by atoms with Crippen molar-refractivity contribution in [1.29, 1.82) is 5.41 Å². The highest BCUT2D eigenvalue weighted by atomic mass is 35.5. The maximum absolute atomic E-state index is 7.30. The van der Waals surface area contributed by atoms with E-state index in [2.05, 4.69) is 4.98 Å². The summed E-state index contributed by atoms with van der Waals surface area (Å²) < 4.78 is 5.50. The molecule has 4 nitrogen and oxygen atoms in total. The van der Waals surface area contributed by atoms with E-state index < -0.39 is 0 Å². The van der Waals surface area contributed by atoms with Crippen LogP contribution in [-0.4, -0.2) is 10.8 Å². The van der Waals surface area contributed by atoms with Gasteiger partial charge in [-0.1, -0.05) is 29.3 Å². The fraction of sp³-hybridized carbons (Fsp3) is 0. The maximum Gasteiger partial charge on any atom is 0.219 e. The molecule has 0 atom stereocenters. The molecule has 0 bridgehead atoms. The standard InChI is InChI=1S/C12H9Cl2N3O/c13-7-4-8(14)6-9(5-7)18-11-3-1-2-10(17-11)12(15)16/h1-6H,(H3,15,16).